The zero-order valence-electron chi connectivity index (χ0n) is 22.4. The zero-order chi connectivity index (χ0) is 21.0. The zero-order valence-corrected chi connectivity index (χ0v) is 26.0. The van der Waals surface area contributed by atoms with Crippen molar-refractivity contribution in [1.82, 2.24) is 5.32 Å². The summed E-state index contributed by atoms with van der Waals surface area (Å²) < 4.78 is -0.665. The van der Waals surface area contributed by atoms with E-state index in [2.05, 4.69) is 29.8 Å². The van der Waals surface area contributed by atoms with Crippen LogP contribution in [0.4, 0.5) is 4.79 Å². The topological polar surface area (TPSA) is 72.2 Å². The van der Waals surface area contributed by atoms with Gasteiger partial charge in [0.05, 0.1) is 0 Å². The summed E-state index contributed by atoms with van der Waals surface area (Å²) in [4.78, 5) is 21.6. The van der Waals surface area contributed by atoms with Crippen LogP contribution in [0.3, 0.4) is 0 Å². The van der Waals surface area contributed by atoms with Crippen molar-refractivity contribution >= 4 is 27.9 Å². The van der Waals surface area contributed by atoms with E-state index in [4.69, 9.17) is 5.73 Å². The van der Waals surface area contributed by atoms with Crippen molar-refractivity contribution in [3.63, 3.8) is 0 Å². The van der Waals surface area contributed by atoms with Crippen LogP contribution in [0.25, 0.3) is 0 Å². The number of hydrogen-bond donors (Lipinski definition) is 2. The maximum atomic E-state index is 11.3. The first-order chi connectivity index (χ1) is 12.9. The molecule has 0 radical (unpaired) electrons. The van der Waals surface area contributed by atoms with E-state index in [1.54, 1.807) is 0 Å². The summed E-state index contributed by atoms with van der Waals surface area (Å²) >= 11 is 3.26. The number of nitrogens with two attached hydrogens (primary N) is 1. The number of imide groups is 1. The van der Waals surface area contributed by atoms with E-state index in [-0.39, 0.29) is 67.9 Å². The van der Waals surface area contributed by atoms with E-state index in [9.17, 15) is 9.59 Å². The normalized spacial score (nSPS) is 10.1. The molecule has 0 heterocycles. The molecule has 3 amide bonds. The Kier molecular flexibility index (Phi) is 35.7. The molecule has 0 aromatic carbocycles. The Morgan fingerprint density at radius 2 is 1.00 bits per heavy atom. The molecule has 0 saturated carbocycles. The number of carbonyl (C=O) groups is 2. The molecule has 0 aliphatic carbocycles. The third kappa shape index (κ3) is 25.6. The van der Waals surface area contributed by atoms with E-state index < -0.39 is 10.4 Å². The van der Waals surface area contributed by atoms with Crippen LogP contribution in [-0.2, 0) is 4.79 Å². The fraction of sp³-hybridized carbons (Fsp3) is 0.909. The van der Waals surface area contributed by atoms with Crippen molar-refractivity contribution < 1.29 is 71.6 Å². The number of amides is 3. The van der Waals surface area contributed by atoms with Gasteiger partial charge in [-0.1, -0.05) is 127 Å². The summed E-state index contributed by atoms with van der Waals surface area (Å²) in [6.07, 6.45) is 20.2. The van der Waals surface area contributed by atoms with Crippen molar-refractivity contribution in [3.8, 4) is 0 Å². The van der Waals surface area contributed by atoms with Crippen LogP contribution >= 0.6 is 15.9 Å². The molecule has 0 atom stereocenters. The predicted molar refractivity (Wildman–Crippen MR) is 124 cm³/mol. The van der Waals surface area contributed by atoms with Gasteiger partial charge >= 0.3 is 65.1 Å². The van der Waals surface area contributed by atoms with E-state index in [0.717, 1.165) is 0 Å². The molecule has 4 nitrogen and oxygen atoms in total. The maximum Gasteiger partial charge on any atom is 1.00 e. The Balaban J connectivity index is -0.0000000909. The van der Waals surface area contributed by atoms with Gasteiger partial charge in [0.1, 0.15) is 4.32 Å². The Bertz CT molecular complexity index is 367. The van der Waals surface area contributed by atoms with Crippen LogP contribution in [0.5, 0.6) is 0 Å². The molecule has 0 aromatic rings. The van der Waals surface area contributed by atoms with Crippen molar-refractivity contribution in [3.05, 3.63) is 0 Å². The summed E-state index contributed by atoms with van der Waals surface area (Å²) in [5.41, 5.74) is 4.81. The summed E-state index contributed by atoms with van der Waals surface area (Å²) in [5, 5.41) is 2.04. The van der Waals surface area contributed by atoms with Crippen LogP contribution < -0.4 is 70.2 Å². The molecule has 0 aromatic heterocycles. The van der Waals surface area contributed by atoms with Gasteiger partial charge in [0.2, 0.25) is 5.91 Å². The minimum Gasteiger partial charge on any atom is -1.00 e. The molecule has 0 aliphatic rings. The number of urea groups is 1. The van der Waals surface area contributed by atoms with Gasteiger partial charge in [0.15, 0.2) is 0 Å². The molecule has 0 rings (SSSR count). The number of hydrogen-bond acceptors (Lipinski definition) is 2. The summed E-state index contributed by atoms with van der Waals surface area (Å²) in [5.74, 6) is -0.375. The second-order valence-corrected chi connectivity index (χ2v) is 8.90. The number of nitrogens with one attached hydrogen (secondary N) is 1. The standard InChI is InChI=1S/C15H32.C7H13BrN2O2.2Na.2H/c1-3-5-7-9-11-13-15-14-12-10-8-6-4-2;1-3-7(8,4-2)5(11)10-6(9)12;;;;/h3-15H2,1-2H3;3-4H2,1-2H3,(H3,9,10,11,12);;;;/q;;2*+1;2*-1. The number of unbranched alkanes of at least 4 members (excludes halogenated alkanes) is 12. The van der Waals surface area contributed by atoms with Crippen LogP contribution in [0.15, 0.2) is 0 Å². The molecule has 7 heteroatoms. The molecule has 166 valence electrons. The Morgan fingerprint density at radius 1 is 0.724 bits per heavy atom. The minimum absolute atomic E-state index is 0. The largest absolute Gasteiger partial charge is 1.00 e. The fourth-order valence-electron chi connectivity index (χ4n) is 2.89. The van der Waals surface area contributed by atoms with Crippen LogP contribution in [0, 0.1) is 0 Å². The van der Waals surface area contributed by atoms with E-state index in [0.29, 0.717) is 12.8 Å². The maximum absolute atomic E-state index is 11.3. The van der Waals surface area contributed by atoms with Gasteiger partial charge < -0.3 is 8.59 Å². The van der Waals surface area contributed by atoms with Gasteiger partial charge in [-0.25, -0.2) is 4.79 Å². The quantitative estimate of drug-likeness (QED) is 0.204. The van der Waals surface area contributed by atoms with Gasteiger partial charge in [-0.05, 0) is 12.8 Å². The minimum atomic E-state index is -0.814. The molecule has 0 unspecified atom stereocenters. The molecule has 0 fully saturated rings. The predicted octanol–water partition coefficient (Wildman–Crippen LogP) is 1.47. The SMILES string of the molecule is CCC(Br)(CC)C(=O)NC(N)=O.CCCCCCCCCCCCCCC.[H-].[H-].[Na+].[Na+]. The number of halogens is 1. The van der Waals surface area contributed by atoms with Crippen molar-refractivity contribution in [2.24, 2.45) is 5.73 Å². The second-order valence-electron chi connectivity index (χ2n) is 7.38. The molecule has 0 bridgehead atoms. The Morgan fingerprint density at radius 3 is 1.21 bits per heavy atom. The van der Waals surface area contributed by atoms with E-state index in [1.165, 1.54) is 83.5 Å². The van der Waals surface area contributed by atoms with Gasteiger partial charge in [0, 0.05) is 0 Å². The number of carbonyl (C=O) groups excluding carboxylic acids is 2. The fourth-order valence-corrected chi connectivity index (χ4v) is 2.99. The first kappa shape index (κ1) is 37.7. The van der Waals surface area contributed by atoms with Crippen LogP contribution in [-0.4, -0.2) is 16.3 Å². The Labute approximate surface area is 236 Å². The second kappa shape index (κ2) is 27.5. The van der Waals surface area contributed by atoms with Crippen molar-refractivity contribution in [2.75, 3.05) is 0 Å². The van der Waals surface area contributed by atoms with Gasteiger partial charge in [-0.15, -0.1) is 0 Å². The monoisotopic (exact) mass is 496 g/mol. The average Bonchev–Trinajstić information content (AvgIpc) is 2.65. The average molecular weight is 498 g/mol. The van der Waals surface area contributed by atoms with Crippen molar-refractivity contribution in [2.45, 2.75) is 128 Å². The Hall–Kier alpha value is 1.42. The molecule has 29 heavy (non-hydrogen) atoms. The molecular weight excluding hydrogens is 450 g/mol. The number of alkyl halides is 1. The van der Waals surface area contributed by atoms with E-state index in [1.807, 2.05) is 19.2 Å². The molecule has 0 spiro atoms. The molecule has 0 aliphatic heterocycles. The van der Waals surface area contributed by atoms with Gasteiger partial charge in [-0.3, -0.25) is 10.1 Å². The molecule has 0 saturated heterocycles. The third-order valence-electron chi connectivity index (χ3n) is 4.97. The summed E-state index contributed by atoms with van der Waals surface area (Å²) in [7, 11) is 0. The number of primary amides is 1. The smallest absolute Gasteiger partial charge is 1.00 e. The first-order valence-electron chi connectivity index (χ1n) is 11.2. The third-order valence-corrected chi connectivity index (χ3v) is 6.45. The number of rotatable bonds is 15. The molecule has 3 N–H and O–H groups in total. The first-order valence-corrected chi connectivity index (χ1v) is 12.0. The van der Waals surface area contributed by atoms with Crippen molar-refractivity contribution in [1.29, 1.82) is 0 Å². The molecular formula is C22H47BrN2Na2O2. The summed E-state index contributed by atoms with van der Waals surface area (Å²) in [6.45, 7) is 8.30. The van der Waals surface area contributed by atoms with Gasteiger partial charge in [-0.2, -0.15) is 0 Å². The summed E-state index contributed by atoms with van der Waals surface area (Å²) in [6, 6.07) is -0.814. The van der Waals surface area contributed by atoms with E-state index >= 15 is 0 Å². The van der Waals surface area contributed by atoms with Gasteiger partial charge in [0.25, 0.3) is 0 Å². The van der Waals surface area contributed by atoms with Crippen LogP contribution in [0.1, 0.15) is 127 Å². The van der Waals surface area contributed by atoms with Crippen LogP contribution in [0.2, 0.25) is 0 Å².